The van der Waals surface area contributed by atoms with Gasteiger partial charge in [-0.3, -0.25) is 0 Å². The largest absolute Gasteiger partial charge is 0.391 e. The van der Waals surface area contributed by atoms with E-state index < -0.39 is 0 Å². The van der Waals surface area contributed by atoms with Gasteiger partial charge in [0.25, 0.3) is 0 Å². The summed E-state index contributed by atoms with van der Waals surface area (Å²) in [6.07, 6.45) is 0.306. The van der Waals surface area contributed by atoms with E-state index in [1.807, 2.05) is 35.9 Å². The van der Waals surface area contributed by atoms with Crippen LogP contribution in [-0.2, 0) is 4.74 Å². The standard InChI is InChI=1S/C15H23FN2O2/c1-3-13(19)11-17(2)12-4-5-15(14(16)10-12)18-6-8-20-9-7-18/h4-5,10,13,19H,3,6-9,11H2,1-2H3/t13-/m0/s1. The van der Waals surface area contributed by atoms with Crippen LogP contribution in [0.5, 0.6) is 0 Å². The zero-order valence-electron chi connectivity index (χ0n) is 12.2. The van der Waals surface area contributed by atoms with E-state index >= 15 is 0 Å². The van der Waals surface area contributed by atoms with Crippen LogP contribution in [0, 0.1) is 5.82 Å². The van der Waals surface area contributed by atoms with E-state index in [4.69, 9.17) is 4.74 Å². The third-order valence-corrected chi connectivity index (χ3v) is 3.68. The molecule has 0 amide bonds. The topological polar surface area (TPSA) is 35.9 Å². The lowest BCUT2D eigenvalue weighted by molar-refractivity contribution is 0.122. The highest BCUT2D eigenvalue weighted by atomic mass is 19.1. The molecule has 1 N–H and O–H groups in total. The van der Waals surface area contributed by atoms with Gasteiger partial charge in [-0.15, -0.1) is 0 Å². The number of rotatable bonds is 5. The Morgan fingerprint density at radius 2 is 2.10 bits per heavy atom. The summed E-state index contributed by atoms with van der Waals surface area (Å²) in [5.74, 6) is -0.220. The number of aliphatic hydroxyl groups excluding tert-OH is 1. The lowest BCUT2D eigenvalue weighted by Gasteiger charge is -2.30. The molecule has 0 unspecified atom stereocenters. The van der Waals surface area contributed by atoms with E-state index in [1.54, 1.807) is 0 Å². The number of likely N-dealkylation sites (N-methyl/N-ethyl adjacent to an activating group) is 1. The second-order valence-corrected chi connectivity index (χ2v) is 5.18. The van der Waals surface area contributed by atoms with Crippen molar-refractivity contribution in [3.63, 3.8) is 0 Å². The van der Waals surface area contributed by atoms with Crippen molar-refractivity contribution in [2.24, 2.45) is 0 Å². The Kier molecular flexibility index (Phi) is 5.20. The van der Waals surface area contributed by atoms with Crippen LogP contribution in [0.2, 0.25) is 0 Å². The molecule has 0 bridgehead atoms. The molecule has 1 aliphatic heterocycles. The smallest absolute Gasteiger partial charge is 0.148 e. The highest BCUT2D eigenvalue weighted by molar-refractivity contribution is 5.57. The van der Waals surface area contributed by atoms with Crippen LogP contribution in [-0.4, -0.2) is 51.1 Å². The normalized spacial score (nSPS) is 17.1. The van der Waals surface area contributed by atoms with E-state index in [1.165, 1.54) is 6.07 Å². The van der Waals surface area contributed by atoms with Gasteiger partial charge >= 0.3 is 0 Å². The third-order valence-electron chi connectivity index (χ3n) is 3.68. The number of halogens is 1. The summed E-state index contributed by atoms with van der Waals surface area (Å²) in [6.45, 7) is 5.17. The summed E-state index contributed by atoms with van der Waals surface area (Å²) in [7, 11) is 1.86. The van der Waals surface area contributed by atoms with Crippen molar-refractivity contribution in [2.75, 3.05) is 49.7 Å². The van der Waals surface area contributed by atoms with Gasteiger partial charge in [0.05, 0.1) is 25.0 Å². The first-order chi connectivity index (χ1) is 9.61. The van der Waals surface area contributed by atoms with Gasteiger partial charge in [0.1, 0.15) is 5.82 Å². The minimum Gasteiger partial charge on any atom is -0.391 e. The predicted octanol–water partition coefficient (Wildman–Crippen LogP) is 1.87. The van der Waals surface area contributed by atoms with Crippen molar-refractivity contribution in [2.45, 2.75) is 19.4 Å². The van der Waals surface area contributed by atoms with Gasteiger partial charge in [0.2, 0.25) is 0 Å². The average Bonchev–Trinajstić information content (AvgIpc) is 2.47. The molecule has 20 heavy (non-hydrogen) atoms. The molecule has 1 saturated heterocycles. The number of anilines is 2. The molecule has 112 valence electrons. The molecule has 1 aliphatic rings. The van der Waals surface area contributed by atoms with E-state index in [0.29, 0.717) is 31.9 Å². The number of hydrogen-bond donors (Lipinski definition) is 1. The minimum atomic E-state index is -0.387. The number of benzene rings is 1. The molecule has 2 rings (SSSR count). The van der Waals surface area contributed by atoms with E-state index in [9.17, 15) is 9.50 Å². The number of ether oxygens (including phenoxy) is 1. The fraction of sp³-hybridized carbons (Fsp3) is 0.600. The van der Waals surface area contributed by atoms with Crippen molar-refractivity contribution >= 4 is 11.4 Å². The van der Waals surface area contributed by atoms with Crippen LogP contribution in [0.4, 0.5) is 15.8 Å². The minimum absolute atomic E-state index is 0.220. The van der Waals surface area contributed by atoms with E-state index in [2.05, 4.69) is 0 Å². The van der Waals surface area contributed by atoms with Crippen LogP contribution in [0.15, 0.2) is 18.2 Å². The molecule has 1 aromatic carbocycles. The lowest BCUT2D eigenvalue weighted by Crippen LogP contribution is -2.36. The van der Waals surface area contributed by atoms with Gasteiger partial charge in [0.15, 0.2) is 0 Å². The van der Waals surface area contributed by atoms with E-state index in [-0.39, 0.29) is 11.9 Å². The lowest BCUT2D eigenvalue weighted by atomic mass is 10.2. The van der Waals surface area contributed by atoms with Crippen molar-refractivity contribution in [3.05, 3.63) is 24.0 Å². The molecule has 1 heterocycles. The van der Waals surface area contributed by atoms with Crippen LogP contribution < -0.4 is 9.80 Å². The summed E-state index contributed by atoms with van der Waals surface area (Å²) < 4.78 is 19.5. The molecule has 0 saturated carbocycles. The first kappa shape index (κ1) is 15.1. The zero-order valence-corrected chi connectivity index (χ0v) is 12.2. The molecule has 4 nitrogen and oxygen atoms in total. The molecule has 0 aromatic heterocycles. The monoisotopic (exact) mass is 282 g/mol. The van der Waals surface area contributed by atoms with Crippen LogP contribution in [0.3, 0.4) is 0 Å². The second kappa shape index (κ2) is 6.90. The maximum atomic E-state index is 14.2. The van der Waals surface area contributed by atoms with Gasteiger partial charge in [0, 0.05) is 32.4 Å². The Morgan fingerprint density at radius 1 is 1.40 bits per heavy atom. The van der Waals surface area contributed by atoms with Crippen LogP contribution >= 0.6 is 0 Å². The molecule has 1 fully saturated rings. The fourth-order valence-corrected chi connectivity index (χ4v) is 2.34. The Balaban J connectivity index is 2.08. The number of morpholine rings is 1. The maximum absolute atomic E-state index is 14.2. The number of hydrogen-bond acceptors (Lipinski definition) is 4. The summed E-state index contributed by atoms with van der Waals surface area (Å²) in [5, 5.41) is 9.66. The molecular weight excluding hydrogens is 259 g/mol. The van der Waals surface area contributed by atoms with Crippen LogP contribution in [0.1, 0.15) is 13.3 Å². The van der Waals surface area contributed by atoms with Crippen molar-refractivity contribution in [1.82, 2.24) is 0 Å². The average molecular weight is 282 g/mol. The second-order valence-electron chi connectivity index (χ2n) is 5.18. The van der Waals surface area contributed by atoms with Gasteiger partial charge in [-0.25, -0.2) is 4.39 Å². The van der Waals surface area contributed by atoms with Crippen molar-refractivity contribution in [1.29, 1.82) is 0 Å². The summed E-state index contributed by atoms with van der Waals surface area (Å²) in [6, 6.07) is 5.24. The van der Waals surface area contributed by atoms with Crippen LogP contribution in [0.25, 0.3) is 0 Å². The Morgan fingerprint density at radius 3 is 2.70 bits per heavy atom. The first-order valence-corrected chi connectivity index (χ1v) is 7.13. The highest BCUT2D eigenvalue weighted by Crippen LogP contribution is 2.25. The quantitative estimate of drug-likeness (QED) is 0.894. The molecule has 5 heteroatoms. The predicted molar refractivity (Wildman–Crippen MR) is 79.0 cm³/mol. The number of nitrogens with zero attached hydrogens (tertiary/aromatic N) is 2. The van der Waals surface area contributed by atoms with Gasteiger partial charge in [-0.2, -0.15) is 0 Å². The fourth-order valence-electron chi connectivity index (χ4n) is 2.34. The molecule has 0 radical (unpaired) electrons. The Bertz CT molecular complexity index is 436. The summed E-state index contributed by atoms with van der Waals surface area (Å²) in [5.41, 5.74) is 1.41. The van der Waals surface area contributed by atoms with Crippen molar-refractivity contribution < 1.29 is 14.2 Å². The van der Waals surface area contributed by atoms with Gasteiger partial charge < -0.3 is 19.6 Å². The molecule has 0 aliphatic carbocycles. The third kappa shape index (κ3) is 3.61. The summed E-state index contributed by atoms with van der Waals surface area (Å²) >= 11 is 0. The molecular formula is C15H23FN2O2. The molecule has 1 aromatic rings. The Labute approximate surface area is 119 Å². The SMILES string of the molecule is CC[C@H](O)CN(C)c1ccc(N2CCOCC2)c(F)c1. The summed E-state index contributed by atoms with van der Waals surface area (Å²) in [4.78, 5) is 3.88. The number of aliphatic hydroxyl groups is 1. The van der Waals surface area contributed by atoms with Crippen molar-refractivity contribution in [3.8, 4) is 0 Å². The van der Waals surface area contributed by atoms with Gasteiger partial charge in [-0.05, 0) is 24.6 Å². The molecule has 0 spiro atoms. The van der Waals surface area contributed by atoms with E-state index in [0.717, 1.165) is 18.8 Å². The Hall–Kier alpha value is -1.33. The first-order valence-electron chi connectivity index (χ1n) is 7.13. The maximum Gasteiger partial charge on any atom is 0.148 e. The zero-order chi connectivity index (χ0) is 14.5. The van der Waals surface area contributed by atoms with Gasteiger partial charge in [-0.1, -0.05) is 6.92 Å². The molecule has 1 atom stereocenters. The highest BCUT2D eigenvalue weighted by Gasteiger charge is 2.16.